The van der Waals surface area contributed by atoms with Gasteiger partial charge in [0.25, 0.3) is 5.70 Å². The molecule has 0 spiro atoms. The van der Waals surface area contributed by atoms with Gasteiger partial charge in [-0.15, -0.1) is 0 Å². The lowest BCUT2D eigenvalue weighted by molar-refractivity contribution is -0.445. The molecule has 0 fully saturated rings. The summed E-state index contributed by atoms with van der Waals surface area (Å²) in [7, 11) is 1.55. The molecule has 2 atom stereocenters. The number of aliphatic hydroxyl groups is 1. The fraction of sp³-hybridized carbons (Fsp3) is 0.222. The van der Waals surface area contributed by atoms with Crippen LogP contribution in [0.1, 0.15) is 11.1 Å². The fourth-order valence-electron chi connectivity index (χ4n) is 3.10. The number of rotatable bonds is 5. The highest BCUT2D eigenvalue weighted by molar-refractivity contribution is 6.31. The molecule has 0 saturated carbocycles. The predicted molar refractivity (Wildman–Crippen MR) is 94.0 cm³/mol. The number of nitrogens with one attached hydrogen (secondary N) is 1. The first-order valence-corrected chi connectivity index (χ1v) is 8.16. The first-order valence-electron chi connectivity index (χ1n) is 7.78. The molecule has 3 rings (SSSR count). The van der Waals surface area contributed by atoms with Crippen molar-refractivity contribution in [2.24, 2.45) is 0 Å². The highest BCUT2D eigenvalue weighted by Gasteiger charge is 2.54. The number of hydrogen-bond acceptors (Lipinski definition) is 5. The highest BCUT2D eigenvalue weighted by atomic mass is 35.5. The van der Waals surface area contributed by atoms with Gasteiger partial charge in [0.15, 0.2) is 0 Å². The van der Waals surface area contributed by atoms with E-state index in [9.17, 15) is 19.6 Å². The molecular weight excluding hydrogens is 363 g/mol. The van der Waals surface area contributed by atoms with Gasteiger partial charge in [-0.05, 0) is 42.3 Å². The van der Waals surface area contributed by atoms with E-state index in [0.29, 0.717) is 5.75 Å². The average Bonchev–Trinajstić information content (AvgIpc) is 2.95. The van der Waals surface area contributed by atoms with Crippen LogP contribution >= 0.6 is 11.6 Å². The van der Waals surface area contributed by atoms with Gasteiger partial charge in [0.05, 0.1) is 24.3 Å². The van der Waals surface area contributed by atoms with Crippen LogP contribution in [0.5, 0.6) is 5.75 Å². The van der Waals surface area contributed by atoms with Gasteiger partial charge in [0, 0.05) is 10.6 Å². The van der Waals surface area contributed by atoms with Crippen molar-refractivity contribution in [2.45, 2.75) is 18.1 Å². The maximum Gasteiger partial charge on any atom is 0.299 e. The van der Waals surface area contributed by atoms with Crippen molar-refractivity contribution in [3.63, 3.8) is 0 Å². The van der Waals surface area contributed by atoms with E-state index in [1.165, 1.54) is 6.07 Å². The molecule has 2 aromatic rings. The number of halogens is 2. The van der Waals surface area contributed by atoms with Crippen molar-refractivity contribution in [1.29, 1.82) is 0 Å². The zero-order valence-electron chi connectivity index (χ0n) is 13.8. The summed E-state index contributed by atoms with van der Waals surface area (Å²) < 4.78 is 18.8. The molecule has 6 nitrogen and oxygen atoms in total. The lowest BCUT2D eigenvalue weighted by atomic mass is 9.82. The molecular formula is C18H16ClFN2O4. The summed E-state index contributed by atoms with van der Waals surface area (Å²) in [6, 6.07) is 9.71. The molecule has 0 radical (unpaired) electrons. The minimum Gasteiger partial charge on any atom is -0.497 e. The van der Waals surface area contributed by atoms with E-state index in [-0.39, 0.29) is 17.0 Å². The third kappa shape index (κ3) is 3.11. The van der Waals surface area contributed by atoms with Crippen molar-refractivity contribution in [2.75, 3.05) is 7.11 Å². The Hall–Kier alpha value is -2.64. The average molecular weight is 379 g/mol. The Balaban J connectivity index is 2.01. The zero-order valence-corrected chi connectivity index (χ0v) is 14.5. The number of hydrogen-bond donors (Lipinski definition) is 2. The van der Waals surface area contributed by atoms with Crippen molar-refractivity contribution < 1.29 is 19.2 Å². The Kier molecular flexibility index (Phi) is 4.84. The SMILES string of the molecule is COc1ccc(CC2NC=C([N+](=O)[O-])C2(O)c2cc(F)ccc2Cl)cc1. The number of benzene rings is 2. The Bertz CT molecular complexity index is 872. The van der Waals surface area contributed by atoms with Crippen LogP contribution in [0.2, 0.25) is 5.02 Å². The number of nitrogens with zero attached hydrogens (tertiary/aromatic N) is 1. The Labute approximate surface area is 154 Å². The second-order valence-electron chi connectivity index (χ2n) is 5.95. The molecule has 0 aromatic heterocycles. The molecule has 2 N–H and O–H groups in total. The number of nitro groups is 1. The van der Waals surface area contributed by atoms with Crippen molar-refractivity contribution in [3.05, 3.63) is 86.4 Å². The maximum absolute atomic E-state index is 13.7. The van der Waals surface area contributed by atoms with Crippen molar-refractivity contribution >= 4 is 11.6 Å². The van der Waals surface area contributed by atoms with E-state index in [2.05, 4.69) is 5.32 Å². The molecule has 1 aliphatic rings. The molecule has 2 unspecified atom stereocenters. The van der Waals surface area contributed by atoms with Gasteiger partial charge in [-0.3, -0.25) is 10.1 Å². The van der Waals surface area contributed by atoms with Gasteiger partial charge < -0.3 is 15.2 Å². The smallest absolute Gasteiger partial charge is 0.299 e. The lowest BCUT2D eigenvalue weighted by Crippen LogP contribution is -2.46. The van der Waals surface area contributed by atoms with Gasteiger partial charge in [-0.25, -0.2) is 4.39 Å². The normalized spacial score (nSPS) is 21.8. The van der Waals surface area contributed by atoms with Crippen LogP contribution in [-0.2, 0) is 12.0 Å². The van der Waals surface area contributed by atoms with E-state index in [1.54, 1.807) is 31.4 Å². The van der Waals surface area contributed by atoms with Crippen LogP contribution in [0.25, 0.3) is 0 Å². The van der Waals surface area contributed by atoms with Crippen LogP contribution in [0.3, 0.4) is 0 Å². The van der Waals surface area contributed by atoms with E-state index < -0.39 is 28.1 Å². The van der Waals surface area contributed by atoms with Crippen LogP contribution < -0.4 is 10.1 Å². The van der Waals surface area contributed by atoms with Crippen molar-refractivity contribution in [1.82, 2.24) is 5.32 Å². The lowest BCUT2D eigenvalue weighted by Gasteiger charge is -2.30. The summed E-state index contributed by atoms with van der Waals surface area (Å²) in [5, 5.41) is 25.6. The topological polar surface area (TPSA) is 84.6 Å². The van der Waals surface area contributed by atoms with Gasteiger partial charge in [-0.2, -0.15) is 0 Å². The maximum atomic E-state index is 13.7. The summed E-state index contributed by atoms with van der Waals surface area (Å²) in [6.07, 6.45) is 1.39. The van der Waals surface area contributed by atoms with Crippen molar-refractivity contribution in [3.8, 4) is 5.75 Å². The first-order chi connectivity index (χ1) is 12.4. The molecule has 26 heavy (non-hydrogen) atoms. The standard InChI is InChI=1S/C18H16ClFN2O4/c1-26-13-5-2-11(3-6-13)8-16-18(23,17(10-21-16)22(24)25)14-9-12(20)4-7-15(14)19/h2-7,9-10,16,21,23H,8H2,1H3. The van der Waals surface area contributed by atoms with Crippen LogP contribution in [0, 0.1) is 15.9 Å². The number of methoxy groups -OCH3 is 1. The van der Waals surface area contributed by atoms with E-state index in [4.69, 9.17) is 16.3 Å². The van der Waals surface area contributed by atoms with Gasteiger partial charge in [0.1, 0.15) is 11.6 Å². The molecule has 2 aromatic carbocycles. The molecule has 0 amide bonds. The zero-order chi connectivity index (χ0) is 18.9. The Morgan fingerprint density at radius 2 is 2.04 bits per heavy atom. The second kappa shape index (κ2) is 6.93. The van der Waals surface area contributed by atoms with Crippen LogP contribution in [0.15, 0.2) is 54.4 Å². The summed E-state index contributed by atoms with van der Waals surface area (Å²) in [6.45, 7) is 0. The van der Waals surface area contributed by atoms with Crippen LogP contribution in [0.4, 0.5) is 4.39 Å². The third-order valence-corrected chi connectivity index (χ3v) is 4.78. The summed E-state index contributed by atoms with van der Waals surface area (Å²) >= 11 is 6.12. The Morgan fingerprint density at radius 3 is 2.65 bits per heavy atom. The third-order valence-electron chi connectivity index (χ3n) is 4.45. The molecule has 8 heteroatoms. The summed E-state index contributed by atoms with van der Waals surface area (Å²) in [4.78, 5) is 10.8. The highest BCUT2D eigenvalue weighted by Crippen LogP contribution is 2.41. The molecule has 0 saturated heterocycles. The quantitative estimate of drug-likeness (QED) is 0.617. The van der Waals surface area contributed by atoms with E-state index >= 15 is 0 Å². The summed E-state index contributed by atoms with van der Waals surface area (Å²) in [5.41, 5.74) is -1.80. The molecule has 1 heterocycles. The largest absolute Gasteiger partial charge is 0.497 e. The minimum absolute atomic E-state index is 0.0464. The van der Waals surface area contributed by atoms with E-state index in [1.807, 2.05) is 0 Å². The molecule has 1 aliphatic heterocycles. The van der Waals surface area contributed by atoms with Gasteiger partial charge in [-0.1, -0.05) is 23.7 Å². The van der Waals surface area contributed by atoms with Gasteiger partial charge >= 0.3 is 0 Å². The fourth-order valence-corrected chi connectivity index (χ4v) is 3.36. The molecule has 0 aliphatic carbocycles. The molecule has 136 valence electrons. The summed E-state index contributed by atoms with van der Waals surface area (Å²) in [5.74, 6) is 0.0243. The molecule has 0 bridgehead atoms. The monoisotopic (exact) mass is 378 g/mol. The van der Waals surface area contributed by atoms with E-state index in [0.717, 1.165) is 23.9 Å². The Morgan fingerprint density at radius 1 is 1.35 bits per heavy atom. The van der Waals surface area contributed by atoms with Gasteiger partial charge in [0.2, 0.25) is 5.60 Å². The first kappa shape index (κ1) is 18.2. The van der Waals surface area contributed by atoms with Crippen LogP contribution in [-0.4, -0.2) is 23.2 Å². The minimum atomic E-state index is -2.08. The number of ether oxygens (including phenoxy) is 1. The predicted octanol–water partition coefficient (Wildman–Crippen LogP) is 3.01. The second-order valence-corrected chi connectivity index (χ2v) is 6.36.